The number of nitrogens with one attached hydrogen (secondary N) is 1. The molecule has 4 heteroatoms. The first-order valence-corrected chi connectivity index (χ1v) is 7.00. The highest BCUT2D eigenvalue weighted by atomic mass is 16.5. The van der Waals surface area contributed by atoms with Crippen molar-refractivity contribution in [2.24, 2.45) is 5.92 Å². The van der Waals surface area contributed by atoms with Gasteiger partial charge in [-0.2, -0.15) is 0 Å². The molecule has 2 aliphatic rings. The molecule has 1 N–H and O–H groups in total. The van der Waals surface area contributed by atoms with Crippen LogP contribution in [0.15, 0.2) is 0 Å². The molecule has 0 bridgehead atoms. The number of rotatable bonds is 6. The van der Waals surface area contributed by atoms with Crippen molar-refractivity contribution in [3.05, 3.63) is 0 Å². The first kappa shape index (κ1) is 13.3. The van der Waals surface area contributed by atoms with Crippen molar-refractivity contribution in [1.82, 2.24) is 10.2 Å². The standard InChI is InChI=1S/C13H26N2O2/c1-2-13-11-17-8-6-15(13)5-4-14-9-12-3-7-16-10-12/h12-14H,2-11H2,1H3. The molecule has 0 spiro atoms. The van der Waals surface area contributed by atoms with Crippen molar-refractivity contribution in [1.29, 1.82) is 0 Å². The first-order valence-electron chi connectivity index (χ1n) is 7.00. The maximum atomic E-state index is 5.51. The van der Waals surface area contributed by atoms with Crippen molar-refractivity contribution in [2.75, 3.05) is 52.6 Å². The van der Waals surface area contributed by atoms with Crippen LogP contribution in [0, 0.1) is 5.92 Å². The summed E-state index contributed by atoms with van der Waals surface area (Å²) in [6.07, 6.45) is 2.42. The Morgan fingerprint density at radius 2 is 2.12 bits per heavy atom. The van der Waals surface area contributed by atoms with Gasteiger partial charge in [0.15, 0.2) is 0 Å². The van der Waals surface area contributed by atoms with Gasteiger partial charge < -0.3 is 14.8 Å². The average Bonchev–Trinajstić information content (AvgIpc) is 2.88. The fourth-order valence-corrected chi connectivity index (χ4v) is 2.63. The lowest BCUT2D eigenvalue weighted by molar-refractivity contribution is -0.00790. The smallest absolute Gasteiger partial charge is 0.0622 e. The van der Waals surface area contributed by atoms with Crippen LogP contribution in [-0.2, 0) is 9.47 Å². The Kier molecular flexibility index (Phi) is 5.71. The Hall–Kier alpha value is -0.160. The van der Waals surface area contributed by atoms with Crippen LogP contribution in [-0.4, -0.2) is 63.5 Å². The van der Waals surface area contributed by atoms with Gasteiger partial charge in [-0.15, -0.1) is 0 Å². The summed E-state index contributed by atoms with van der Waals surface area (Å²) in [4.78, 5) is 2.56. The van der Waals surface area contributed by atoms with E-state index in [1.807, 2.05) is 0 Å². The van der Waals surface area contributed by atoms with Crippen LogP contribution >= 0.6 is 0 Å². The summed E-state index contributed by atoms with van der Waals surface area (Å²) >= 11 is 0. The van der Waals surface area contributed by atoms with Gasteiger partial charge >= 0.3 is 0 Å². The highest BCUT2D eigenvalue weighted by Crippen LogP contribution is 2.11. The summed E-state index contributed by atoms with van der Waals surface area (Å²) in [5, 5.41) is 3.56. The third-order valence-electron chi connectivity index (χ3n) is 3.85. The van der Waals surface area contributed by atoms with E-state index in [1.165, 1.54) is 12.8 Å². The molecule has 2 fully saturated rings. The van der Waals surface area contributed by atoms with Crippen LogP contribution < -0.4 is 5.32 Å². The van der Waals surface area contributed by atoms with E-state index in [-0.39, 0.29) is 0 Å². The van der Waals surface area contributed by atoms with Crippen molar-refractivity contribution in [2.45, 2.75) is 25.8 Å². The zero-order valence-electron chi connectivity index (χ0n) is 11.0. The van der Waals surface area contributed by atoms with Gasteiger partial charge in [0, 0.05) is 38.8 Å². The van der Waals surface area contributed by atoms with Crippen molar-refractivity contribution >= 4 is 0 Å². The van der Waals surface area contributed by atoms with Gasteiger partial charge in [0.05, 0.1) is 19.8 Å². The molecule has 4 nitrogen and oxygen atoms in total. The highest BCUT2D eigenvalue weighted by molar-refractivity contribution is 4.75. The molecule has 100 valence electrons. The molecule has 0 aromatic rings. The predicted octanol–water partition coefficient (Wildman–Crippen LogP) is 0.723. The van der Waals surface area contributed by atoms with Gasteiger partial charge in [-0.3, -0.25) is 4.90 Å². The minimum Gasteiger partial charge on any atom is -0.381 e. The normalized spacial score (nSPS) is 30.9. The van der Waals surface area contributed by atoms with E-state index < -0.39 is 0 Å². The van der Waals surface area contributed by atoms with Gasteiger partial charge in [-0.1, -0.05) is 6.92 Å². The van der Waals surface area contributed by atoms with E-state index in [0.717, 1.165) is 58.5 Å². The number of ether oxygens (including phenoxy) is 2. The van der Waals surface area contributed by atoms with E-state index in [4.69, 9.17) is 9.47 Å². The van der Waals surface area contributed by atoms with Crippen molar-refractivity contribution in [3.63, 3.8) is 0 Å². The molecule has 2 unspecified atom stereocenters. The van der Waals surface area contributed by atoms with Crippen LogP contribution in [0.2, 0.25) is 0 Å². The zero-order valence-corrected chi connectivity index (χ0v) is 11.0. The summed E-state index contributed by atoms with van der Waals surface area (Å²) in [6.45, 7) is 10.4. The molecule has 0 aliphatic carbocycles. The largest absolute Gasteiger partial charge is 0.381 e. The number of hydrogen-bond donors (Lipinski definition) is 1. The van der Waals surface area contributed by atoms with E-state index in [1.54, 1.807) is 0 Å². The molecular weight excluding hydrogens is 216 g/mol. The summed E-state index contributed by atoms with van der Waals surface area (Å²) in [6, 6.07) is 0.625. The summed E-state index contributed by atoms with van der Waals surface area (Å²) in [5.74, 6) is 0.738. The molecule has 2 aliphatic heterocycles. The third-order valence-corrected chi connectivity index (χ3v) is 3.85. The van der Waals surface area contributed by atoms with E-state index in [2.05, 4.69) is 17.1 Å². The van der Waals surface area contributed by atoms with Crippen LogP contribution in [0.3, 0.4) is 0 Å². The molecule has 0 amide bonds. The van der Waals surface area contributed by atoms with Gasteiger partial charge in [-0.05, 0) is 18.8 Å². The maximum absolute atomic E-state index is 5.51. The SMILES string of the molecule is CCC1COCCN1CCNCC1CCOC1. The summed E-state index contributed by atoms with van der Waals surface area (Å²) < 4.78 is 10.9. The molecule has 0 radical (unpaired) electrons. The van der Waals surface area contributed by atoms with Gasteiger partial charge in [0.25, 0.3) is 0 Å². The molecule has 2 saturated heterocycles. The number of morpholine rings is 1. The minimum atomic E-state index is 0.625. The maximum Gasteiger partial charge on any atom is 0.0622 e. The van der Waals surface area contributed by atoms with Crippen LogP contribution in [0.1, 0.15) is 19.8 Å². The Bertz CT molecular complexity index is 208. The topological polar surface area (TPSA) is 33.7 Å². The van der Waals surface area contributed by atoms with Gasteiger partial charge in [-0.25, -0.2) is 0 Å². The number of nitrogens with zero attached hydrogens (tertiary/aromatic N) is 1. The molecule has 0 aromatic heterocycles. The third kappa shape index (κ3) is 4.21. The zero-order chi connectivity index (χ0) is 11.9. The molecule has 2 atom stereocenters. The monoisotopic (exact) mass is 242 g/mol. The molecule has 0 aromatic carbocycles. The second kappa shape index (κ2) is 7.31. The fourth-order valence-electron chi connectivity index (χ4n) is 2.63. The van der Waals surface area contributed by atoms with E-state index >= 15 is 0 Å². The summed E-state index contributed by atoms with van der Waals surface area (Å²) in [5.41, 5.74) is 0. The molecule has 2 heterocycles. The van der Waals surface area contributed by atoms with E-state index in [9.17, 15) is 0 Å². The Morgan fingerprint density at radius 3 is 2.88 bits per heavy atom. The predicted molar refractivity (Wildman–Crippen MR) is 68.3 cm³/mol. The molecule has 0 saturated carbocycles. The Labute approximate surface area is 105 Å². The second-order valence-electron chi connectivity index (χ2n) is 5.11. The lowest BCUT2D eigenvalue weighted by Crippen LogP contribution is -2.47. The average molecular weight is 242 g/mol. The quantitative estimate of drug-likeness (QED) is 0.696. The van der Waals surface area contributed by atoms with E-state index in [0.29, 0.717) is 6.04 Å². The van der Waals surface area contributed by atoms with Crippen molar-refractivity contribution in [3.8, 4) is 0 Å². The molecule has 17 heavy (non-hydrogen) atoms. The lowest BCUT2D eigenvalue weighted by Gasteiger charge is -2.35. The highest BCUT2D eigenvalue weighted by Gasteiger charge is 2.20. The van der Waals surface area contributed by atoms with Gasteiger partial charge in [0.2, 0.25) is 0 Å². The fraction of sp³-hybridized carbons (Fsp3) is 1.00. The van der Waals surface area contributed by atoms with Gasteiger partial charge in [0.1, 0.15) is 0 Å². The van der Waals surface area contributed by atoms with Crippen LogP contribution in [0.25, 0.3) is 0 Å². The van der Waals surface area contributed by atoms with Crippen molar-refractivity contribution < 1.29 is 9.47 Å². The van der Waals surface area contributed by atoms with Crippen LogP contribution in [0.4, 0.5) is 0 Å². The molecular formula is C13H26N2O2. The lowest BCUT2D eigenvalue weighted by atomic mass is 10.1. The minimum absolute atomic E-state index is 0.625. The Balaban J connectivity index is 1.56. The Morgan fingerprint density at radius 1 is 1.24 bits per heavy atom. The number of hydrogen-bond acceptors (Lipinski definition) is 4. The second-order valence-corrected chi connectivity index (χ2v) is 5.11. The summed E-state index contributed by atoms with van der Waals surface area (Å²) in [7, 11) is 0. The molecule has 2 rings (SSSR count). The van der Waals surface area contributed by atoms with Crippen LogP contribution in [0.5, 0.6) is 0 Å². The first-order chi connectivity index (χ1) is 8.40.